The highest BCUT2D eigenvalue weighted by Gasteiger charge is 2.21. The zero-order valence-electron chi connectivity index (χ0n) is 13.3. The van der Waals surface area contributed by atoms with Gasteiger partial charge in [0, 0.05) is 29.0 Å². The largest absolute Gasteiger partial charge is 0.456 e. The predicted molar refractivity (Wildman–Crippen MR) is 89.7 cm³/mol. The molecule has 2 aromatic heterocycles. The van der Waals surface area contributed by atoms with Crippen LogP contribution < -0.4 is 4.57 Å². The maximum absolute atomic E-state index is 14.2. The molecule has 0 fully saturated rings. The smallest absolute Gasteiger partial charge is 0.213 e. The van der Waals surface area contributed by atoms with Gasteiger partial charge in [-0.2, -0.15) is 5.26 Å². The molecule has 0 aliphatic heterocycles. The van der Waals surface area contributed by atoms with Crippen molar-refractivity contribution in [3.63, 3.8) is 0 Å². The summed E-state index contributed by atoms with van der Waals surface area (Å²) in [4.78, 5) is 0. The third-order valence-electron chi connectivity index (χ3n) is 4.37. The highest BCUT2D eigenvalue weighted by Crippen LogP contribution is 2.38. The van der Waals surface area contributed by atoms with Crippen LogP contribution in [0.4, 0.5) is 4.39 Å². The fraction of sp³-hybridized carbons (Fsp3) is 0.100. The van der Waals surface area contributed by atoms with Gasteiger partial charge in [0.25, 0.3) is 0 Å². The summed E-state index contributed by atoms with van der Waals surface area (Å²) in [5, 5.41) is 10.6. The summed E-state index contributed by atoms with van der Waals surface area (Å²) >= 11 is 0. The van der Waals surface area contributed by atoms with Gasteiger partial charge in [-0.1, -0.05) is 6.07 Å². The fourth-order valence-electron chi connectivity index (χ4n) is 3.19. The fourth-order valence-corrected chi connectivity index (χ4v) is 3.19. The maximum Gasteiger partial charge on any atom is 0.213 e. The highest BCUT2D eigenvalue weighted by molar-refractivity contribution is 6.12. The number of halogens is 1. The lowest BCUT2D eigenvalue weighted by Gasteiger charge is -2.06. The van der Waals surface area contributed by atoms with Gasteiger partial charge < -0.3 is 4.42 Å². The predicted octanol–water partition coefficient (Wildman–Crippen LogP) is 4.40. The van der Waals surface area contributed by atoms with Crippen LogP contribution in [0.25, 0.3) is 33.2 Å². The monoisotopic (exact) mass is 317 g/mol. The van der Waals surface area contributed by atoms with E-state index in [1.807, 2.05) is 61.1 Å². The first-order valence-corrected chi connectivity index (χ1v) is 7.60. The molecule has 2 heterocycles. The number of furan rings is 1. The Hall–Kier alpha value is -3.19. The quantitative estimate of drug-likeness (QED) is 0.488. The molecule has 24 heavy (non-hydrogen) atoms. The molecule has 0 N–H and O–H groups in total. The molecule has 0 aliphatic rings. The molecule has 0 radical (unpaired) electrons. The Bertz CT molecular complexity index is 1150. The van der Waals surface area contributed by atoms with Crippen LogP contribution in [0.1, 0.15) is 11.1 Å². The molecule has 2 aromatic carbocycles. The Morgan fingerprint density at radius 1 is 1.12 bits per heavy atom. The van der Waals surface area contributed by atoms with Crippen molar-refractivity contribution < 1.29 is 13.4 Å². The molecule has 4 rings (SSSR count). The van der Waals surface area contributed by atoms with Gasteiger partial charge in [-0.15, -0.1) is 0 Å². The third kappa shape index (κ3) is 1.99. The van der Waals surface area contributed by atoms with Crippen LogP contribution in [0.5, 0.6) is 0 Å². The molecule has 116 valence electrons. The number of benzene rings is 2. The third-order valence-corrected chi connectivity index (χ3v) is 4.37. The zero-order chi connectivity index (χ0) is 16.8. The summed E-state index contributed by atoms with van der Waals surface area (Å²) < 4.78 is 22.1. The van der Waals surface area contributed by atoms with Gasteiger partial charge in [-0.3, -0.25) is 0 Å². The average Bonchev–Trinajstić information content (AvgIpc) is 2.93. The van der Waals surface area contributed by atoms with Crippen LogP contribution in [0.2, 0.25) is 0 Å². The summed E-state index contributed by atoms with van der Waals surface area (Å²) in [6, 6.07) is 14.6. The molecule has 4 heteroatoms. The molecular weight excluding hydrogens is 303 g/mol. The van der Waals surface area contributed by atoms with E-state index in [4.69, 9.17) is 9.68 Å². The van der Waals surface area contributed by atoms with Gasteiger partial charge >= 0.3 is 0 Å². The number of hydrogen-bond acceptors (Lipinski definition) is 2. The lowest BCUT2D eigenvalue weighted by Crippen LogP contribution is -2.30. The van der Waals surface area contributed by atoms with Crippen LogP contribution in [-0.4, -0.2) is 0 Å². The average molecular weight is 317 g/mol. The van der Waals surface area contributed by atoms with Gasteiger partial charge in [-0.25, -0.2) is 8.96 Å². The summed E-state index contributed by atoms with van der Waals surface area (Å²) in [6.07, 6.45) is 1.98. The van der Waals surface area contributed by atoms with Crippen LogP contribution in [0, 0.1) is 24.1 Å². The summed E-state index contributed by atoms with van der Waals surface area (Å²) in [5.41, 5.74) is 4.31. The Morgan fingerprint density at radius 3 is 2.71 bits per heavy atom. The molecular formula is C20H14FN2O+. The number of nitrogens with zero attached hydrogens (tertiary/aromatic N) is 2. The molecule has 4 aromatic rings. The van der Waals surface area contributed by atoms with Gasteiger partial charge in [0.05, 0.1) is 11.1 Å². The van der Waals surface area contributed by atoms with Crippen molar-refractivity contribution in [2.24, 2.45) is 7.05 Å². The maximum atomic E-state index is 14.2. The van der Waals surface area contributed by atoms with E-state index in [9.17, 15) is 4.39 Å². The molecule has 0 spiro atoms. The number of aryl methyl sites for hydroxylation is 2. The number of aromatic nitrogens is 1. The van der Waals surface area contributed by atoms with Gasteiger partial charge in [0.2, 0.25) is 5.69 Å². The molecule has 0 saturated carbocycles. The standard InChI is InChI=1S/C20H14FN2O/c1-12-6-7-17-20(19(12)16-5-3-4-8-23(16)2)14-10-15(21)13(11-22)9-18(14)24-17/h3-10H,1-2H3/q+1. The van der Waals surface area contributed by atoms with Crippen molar-refractivity contribution in [2.75, 3.05) is 0 Å². The van der Waals surface area contributed by atoms with Crippen LogP contribution in [0.3, 0.4) is 0 Å². The summed E-state index contributed by atoms with van der Waals surface area (Å²) in [7, 11) is 1.98. The second-order valence-electron chi connectivity index (χ2n) is 5.87. The molecule has 0 saturated heterocycles. The second-order valence-corrected chi connectivity index (χ2v) is 5.87. The SMILES string of the molecule is Cc1ccc2oc3cc(C#N)c(F)cc3c2c1-c1cccc[n+]1C. The molecule has 0 aliphatic carbocycles. The minimum absolute atomic E-state index is 0.00917. The van der Waals surface area contributed by atoms with Crippen LogP contribution in [-0.2, 0) is 7.05 Å². The number of hydrogen-bond donors (Lipinski definition) is 0. The topological polar surface area (TPSA) is 40.8 Å². The minimum atomic E-state index is -0.530. The Labute approximate surface area is 138 Å². The van der Waals surface area contributed by atoms with Gasteiger partial charge in [0.1, 0.15) is 30.1 Å². The van der Waals surface area contributed by atoms with Crippen LogP contribution in [0.15, 0.2) is 53.1 Å². The summed E-state index contributed by atoms with van der Waals surface area (Å²) in [5.74, 6) is -0.530. The van der Waals surface area contributed by atoms with E-state index in [0.29, 0.717) is 16.6 Å². The summed E-state index contributed by atoms with van der Waals surface area (Å²) in [6.45, 7) is 2.03. The second kappa shape index (κ2) is 5.17. The van der Waals surface area contributed by atoms with E-state index in [-0.39, 0.29) is 5.56 Å². The Kier molecular flexibility index (Phi) is 3.10. The van der Waals surface area contributed by atoms with Crippen molar-refractivity contribution in [3.05, 3.63) is 65.6 Å². The van der Waals surface area contributed by atoms with Gasteiger partial charge in [0.15, 0.2) is 6.20 Å². The first-order valence-electron chi connectivity index (χ1n) is 7.60. The van der Waals surface area contributed by atoms with E-state index in [0.717, 1.165) is 22.2 Å². The van der Waals surface area contributed by atoms with Crippen molar-refractivity contribution in [3.8, 4) is 17.3 Å². The van der Waals surface area contributed by atoms with Crippen LogP contribution >= 0.6 is 0 Å². The Morgan fingerprint density at radius 2 is 1.96 bits per heavy atom. The molecule has 0 atom stereocenters. The lowest BCUT2D eigenvalue weighted by molar-refractivity contribution is -0.660. The highest BCUT2D eigenvalue weighted by atomic mass is 19.1. The normalized spacial score (nSPS) is 11.1. The minimum Gasteiger partial charge on any atom is -0.456 e. The number of nitriles is 1. The number of rotatable bonds is 1. The van der Waals surface area contributed by atoms with E-state index in [1.54, 1.807) is 0 Å². The Balaban J connectivity index is 2.20. The lowest BCUT2D eigenvalue weighted by atomic mass is 9.97. The first kappa shape index (κ1) is 14.4. The zero-order valence-corrected chi connectivity index (χ0v) is 13.3. The van der Waals surface area contributed by atoms with Gasteiger partial charge in [-0.05, 0) is 30.7 Å². The molecule has 0 bridgehead atoms. The van der Waals surface area contributed by atoms with Crippen molar-refractivity contribution in [2.45, 2.75) is 6.92 Å². The molecule has 0 unspecified atom stereocenters. The van der Waals surface area contributed by atoms with Crippen molar-refractivity contribution in [1.82, 2.24) is 0 Å². The van der Waals surface area contributed by atoms with E-state index in [2.05, 4.69) is 0 Å². The molecule has 3 nitrogen and oxygen atoms in total. The van der Waals surface area contributed by atoms with E-state index in [1.165, 1.54) is 12.1 Å². The number of pyridine rings is 1. The van der Waals surface area contributed by atoms with E-state index >= 15 is 0 Å². The first-order chi connectivity index (χ1) is 11.6. The van der Waals surface area contributed by atoms with Crippen molar-refractivity contribution >= 4 is 21.9 Å². The molecule has 0 amide bonds. The van der Waals surface area contributed by atoms with Crippen molar-refractivity contribution in [1.29, 1.82) is 5.26 Å². The number of fused-ring (bicyclic) bond motifs is 3. The van der Waals surface area contributed by atoms with E-state index < -0.39 is 5.82 Å².